The highest BCUT2D eigenvalue weighted by molar-refractivity contribution is 6.74. The Kier molecular flexibility index (Phi) is 13.6. The minimum absolute atomic E-state index is 0.0780. The van der Waals surface area contributed by atoms with E-state index >= 15 is 0 Å². The molecular weight excluding hydrogens is 576 g/mol. The molecular formula is C31H52O11Si. The van der Waals surface area contributed by atoms with Crippen LogP contribution < -0.4 is 0 Å². The summed E-state index contributed by atoms with van der Waals surface area (Å²) in [6.45, 7) is 14.6. The predicted octanol–water partition coefficient (Wildman–Crippen LogP) is 4.91. The van der Waals surface area contributed by atoms with Crippen molar-refractivity contribution in [1.29, 1.82) is 0 Å². The fourth-order valence-corrected chi connectivity index (χ4v) is 7.12. The maximum absolute atomic E-state index is 13.1. The van der Waals surface area contributed by atoms with Crippen molar-refractivity contribution >= 4 is 38.2 Å². The third-order valence-electron chi connectivity index (χ3n) is 9.33. The second kappa shape index (κ2) is 15.3. The third-order valence-corrected chi connectivity index (χ3v) is 13.8. The highest BCUT2D eigenvalue weighted by Crippen LogP contribution is 2.65. The van der Waals surface area contributed by atoms with Crippen molar-refractivity contribution in [2.75, 3.05) is 35.5 Å². The van der Waals surface area contributed by atoms with E-state index in [0.717, 1.165) is 0 Å². The second-order valence-electron chi connectivity index (χ2n) is 12.8. The van der Waals surface area contributed by atoms with Gasteiger partial charge in [-0.15, -0.1) is 6.58 Å². The van der Waals surface area contributed by atoms with Crippen LogP contribution in [-0.4, -0.2) is 79.3 Å². The predicted molar refractivity (Wildman–Crippen MR) is 161 cm³/mol. The number of hydrogen-bond donors (Lipinski definition) is 0. The lowest BCUT2D eigenvalue weighted by Crippen LogP contribution is -2.47. The SMILES string of the molecule is C=CC1(O[Si](C)(C)C(C)(C)C)CC1(CCCCC(CCCCC(C(=O)OC)C(=O)OC)(C(=O)OC)C(=O)OC)C(=O)OC. The Labute approximate surface area is 257 Å². The Morgan fingerprint density at radius 1 is 0.791 bits per heavy atom. The van der Waals surface area contributed by atoms with E-state index in [4.69, 9.17) is 28.1 Å². The second-order valence-corrected chi connectivity index (χ2v) is 17.5. The Hall–Kier alpha value is -2.73. The van der Waals surface area contributed by atoms with E-state index in [1.807, 2.05) is 0 Å². The first kappa shape index (κ1) is 38.3. The summed E-state index contributed by atoms with van der Waals surface area (Å²) in [4.78, 5) is 63.3. The normalized spacial score (nSPS) is 20.2. The lowest BCUT2D eigenvalue weighted by Gasteiger charge is -2.40. The van der Waals surface area contributed by atoms with Crippen LogP contribution in [0.5, 0.6) is 0 Å². The molecule has 0 radical (unpaired) electrons. The van der Waals surface area contributed by atoms with Gasteiger partial charge in [-0.25, -0.2) is 0 Å². The number of hydrogen-bond acceptors (Lipinski definition) is 11. The van der Waals surface area contributed by atoms with E-state index in [2.05, 4.69) is 40.4 Å². The first-order valence-electron chi connectivity index (χ1n) is 14.7. The molecule has 1 saturated carbocycles. The smallest absolute Gasteiger partial charge is 0.323 e. The van der Waals surface area contributed by atoms with E-state index in [1.54, 1.807) is 6.08 Å². The van der Waals surface area contributed by atoms with Gasteiger partial charge in [-0.2, -0.15) is 0 Å². The van der Waals surface area contributed by atoms with Crippen LogP contribution in [0.3, 0.4) is 0 Å². The topological polar surface area (TPSA) is 141 Å². The molecule has 12 heteroatoms. The van der Waals surface area contributed by atoms with Gasteiger partial charge < -0.3 is 28.1 Å². The van der Waals surface area contributed by atoms with Crippen molar-refractivity contribution in [1.82, 2.24) is 0 Å². The zero-order valence-electron chi connectivity index (χ0n) is 27.7. The molecule has 0 amide bonds. The van der Waals surface area contributed by atoms with Crippen LogP contribution in [0, 0.1) is 16.7 Å². The largest absolute Gasteiger partial charge is 0.468 e. The number of esters is 5. The Morgan fingerprint density at radius 3 is 1.67 bits per heavy atom. The van der Waals surface area contributed by atoms with Crippen LogP contribution in [0.4, 0.5) is 0 Å². The summed E-state index contributed by atoms with van der Waals surface area (Å²) in [7, 11) is 3.86. The van der Waals surface area contributed by atoms with E-state index < -0.39 is 54.5 Å². The monoisotopic (exact) mass is 628 g/mol. The minimum Gasteiger partial charge on any atom is -0.468 e. The van der Waals surface area contributed by atoms with Crippen molar-refractivity contribution in [2.45, 2.75) is 102 Å². The summed E-state index contributed by atoms with van der Waals surface area (Å²) in [6.07, 6.45) is 4.45. The molecule has 0 spiro atoms. The summed E-state index contributed by atoms with van der Waals surface area (Å²) in [5, 5.41) is -0.0815. The maximum Gasteiger partial charge on any atom is 0.323 e. The van der Waals surface area contributed by atoms with Gasteiger partial charge in [-0.05, 0) is 50.2 Å². The molecule has 0 aromatic heterocycles. The van der Waals surface area contributed by atoms with Crippen LogP contribution in [0.1, 0.15) is 78.6 Å². The molecule has 246 valence electrons. The first-order valence-corrected chi connectivity index (χ1v) is 17.6. The van der Waals surface area contributed by atoms with Gasteiger partial charge in [0.1, 0.15) is 5.41 Å². The molecule has 1 fully saturated rings. The summed E-state index contributed by atoms with van der Waals surface area (Å²) in [5.74, 6) is -4.37. The number of ether oxygens (including phenoxy) is 5. The van der Waals surface area contributed by atoms with Crippen molar-refractivity contribution in [3.8, 4) is 0 Å². The first-order chi connectivity index (χ1) is 19.9. The van der Waals surface area contributed by atoms with Crippen LogP contribution in [-0.2, 0) is 52.1 Å². The van der Waals surface area contributed by atoms with Crippen LogP contribution >= 0.6 is 0 Å². The molecule has 0 heterocycles. The van der Waals surface area contributed by atoms with E-state index in [0.29, 0.717) is 38.5 Å². The van der Waals surface area contributed by atoms with Gasteiger partial charge in [0.15, 0.2) is 19.7 Å². The molecule has 0 aromatic rings. The summed E-state index contributed by atoms with van der Waals surface area (Å²) < 4.78 is 31.4. The molecule has 43 heavy (non-hydrogen) atoms. The van der Waals surface area contributed by atoms with Crippen molar-refractivity contribution in [3.05, 3.63) is 12.7 Å². The standard InChI is InChI=1S/C31H52O11Si/c1-12-31(42-43(10,11)28(2,3)4)21-30(31,27(36)41-9)20-16-15-19-29(25(34)39-7,26(35)40-8)18-14-13-17-22(23(32)37-5)24(33)38-6/h12,22H,1,13-21H2,2-11H3. The molecule has 0 bridgehead atoms. The number of unbranched alkanes of at least 4 members (excludes halogenated alkanes) is 2. The van der Waals surface area contributed by atoms with Crippen LogP contribution in [0.2, 0.25) is 18.1 Å². The van der Waals surface area contributed by atoms with Crippen molar-refractivity contribution in [3.63, 3.8) is 0 Å². The van der Waals surface area contributed by atoms with Crippen LogP contribution in [0.25, 0.3) is 0 Å². The average Bonchev–Trinajstić information content (AvgIpc) is 3.62. The quantitative estimate of drug-likeness (QED) is 0.0510. The molecule has 0 aromatic carbocycles. The lowest BCUT2D eigenvalue weighted by molar-refractivity contribution is -0.171. The van der Waals surface area contributed by atoms with Gasteiger partial charge in [-0.3, -0.25) is 24.0 Å². The molecule has 0 N–H and O–H groups in total. The van der Waals surface area contributed by atoms with Gasteiger partial charge in [0.2, 0.25) is 0 Å². The summed E-state index contributed by atoms with van der Waals surface area (Å²) in [5.41, 5.74) is -3.35. The summed E-state index contributed by atoms with van der Waals surface area (Å²) in [6, 6.07) is 0. The Bertz CT molecular complexity index is 999. The minimum atomic E-state index is -2.27. The van der Waals surface area contributed by atoms with Crippen molar-refractivity contribution < 1.29 is 52.1 Å². The van der Waals surface area contributed by atoms with Gasteiger partial charge >= 0.3 is 29.8 Å². The van der Waals surface area contributed by atoms with Crippen LogP contribution in [0.15, 0.2) is 12.7 Å². The highest BCUT2D eigenvalue weighted by atomic mass is 28.4. The van der Waals surface area contributed by atoms with E-state index in [1.165, 1.54) is 35.5 Å². The van der Waals surface area contributed by atoms with Gasteiger partial charge in [-0.1, -0.05) is 52.5 Å². The van der Waals surface area contributed by atoms with Gasteiger partial charge in [0.25, 0.3) is 0 Å². The fraction of sp³-hybridized carbons (Fsp3) is 0.774. The highest BCUT2D eigenvalue weighted by Gasteiger charge is 2.73. The lowest BCUT2D eigenvalue weighted by atomic mass is 9.77. The van der Waals surface area contributed by atoms with E-state index in [-0.39, 0.29) is 30.3 Å². The third kappa shape index (κ3) is 8.26. The zero-order chi connectivity index (χ0) is 33.3. The molecule has 0 saturated heterocycles. The Balaban J connectivity index is 3.10. The number of carbonyl (C=O) groups excluding carboxylic acids is 5. The molecule has 2 unspecified atom stereocenters. The molecule has 1 aliphatic rings. The van der Waals surface area contributed by atoms with Gasteiger partial charge in [0, 0.05) is 0 Å². The maximum atomic E-state index is 13.1. The van der Waals surface area contributed by atoms with Crippen molar-refractivity contribution in [2.24, 2.45) is 16.7 Å². The zero-order valence-corrected chi connectivity index (χ0v) is 28.7. The summed E-state index contributed by atoms with van der Waals surface area (Å²) >= 11 is 0. The molecule has 0 aliphatic heterocycles. The number of rotatable bonds is 18. The average molecular weight is 629 g/mol. The fourth-order valence-electron chi connectivity index (χ4n) is 5.55. The molecule has 1 rings (SSSR count). The van der Waals surface area contributed by atoms with E-state index in [9.17, 15) is 24.0 Å². The van der Waals surface area contributed by atoms with Gasteiger partial charge in [0.05, 0.1) is 41.2 Å². The Morgan fingerprint density at radius 2 is 1.28 bits per heavy atom. The molecule has 1 aliphatic carbocycles. The molecule has 11 nitrogen and oxygen atoms in total. The number of carbonyl (C=O) groups is 5. The molecule has 2 atom stereocenters. The number of methoxy groups -OCH3 is 5.